The number of rotatable bonds is 10. The number of aryl methyl sites for hydroxylation is 2. The fourth-order valence-corrected chi connectivity index (χ4v) is 4.17. The molecule has 0 bridgehead atoms. The summed E-state index contributed by atoms with van der Waals surface area (Å²) in [7, 11) is 0. The molecule has 0 radical (unpaired) electrons. The van der Waals surface area contributed by atoms with Gasteiger partial charge in [-0.2, -0.15) is 0 Å². The quantitative estimate of drug-likeness (QED) is 0.434. The zero-order valence-corrected chi connectivity index (χ0v) is 20.6. The number of hydrogen-bond acceptors (Lipinski definition) is 6. The van der Waals surface area contributed by atoms with Gasteiger partial charge in [-0.1, -0.05) is 18.2 Å². The van der Waals surface area contributed by atoms with Crippen LogP contribution in [0.15, 0.2) is 71.7 Å². The van der Waals surface area contributed by atoms with E-state index in [4.69, 9.17) is 14.2 Å². The molecule has 0 spiro atoms. The summed E-state index contributed by atoms with van der Waals surface area (Å²) in [4.78, 5) is 14.0. The topological polar surface area (TPSA) is 73.2 Å². The van der Waals surface area contributed by atoms with Gasteiger partial charge < -0.3 is 23.9 Å². The molecule has 0 saturated carbocycles. The number of benzene rings is 2. The summed E-state index contributed by atoms with van der Waals surface area (Å²) in [6, 6.07) is 17.0. The van der Waals surface area contributed by atoms with Gasteiger partial charge in [0.25, 0.3) is 5.56 Å². The Bertz CT molecular complexity index is 1170. The van der Waals surface area contributed by atoms with Crippen LogP contribution < -0.4 is 15.0 Å². The van der Waals surface area contributed by atoms with Crippen molar-refractivity contribution in [3.05, 3.63) is 94.2 Å². The smallest absolute Gasteiger partial charge is 0.250 e. The molecule has 3 aromatic rings. The number of aromatic nitrogens is 1. The van der Waals surface area contributed by atoms with Crippen LogP contribution in [0.4, 0.5) is 4.39 Å². The molecule has 1 aliphatic rings. The van der Waals surface area contributed by atoms with E-state index in [1.165, 1.54) is 12.1 Å². The van der Waals surface area contributed by atoms with Gasteiger partial charge in [-0.15, -0.1) is 0 Å². The highest BCUT2D eigenvalue weighted by Gasteiger charge is 2.33. The first-order valence-corrected chi connectivity index (χ1v) is 12.2. The zero-order valence-electron chi connectivity index (χ0n) is 20.6. The van der Waals surface area contributed by atoms with Crippen LogP contribution >= 0.6 is 0 Å². The monoisotopic (exact) mass is 496 g/mol. The second kappa shape index (κ2) is 12.2. The number of nitrogens with zero attached hydrogens (tertiary/aromatic N) is 2. The Labute approximate surface area is 210 Å². The Morgan fingerprint density at radius 1 is 1.03 bits per heavy atom. The average Bonchev–Trinajstić information content (AvgIpc) is 3.05. The molecule has 36 heavy (non-hydrogen) atoms. The number of aliphatic hydroxyl groups is 1. The van der Waals surface area contributed by atoms with Gasteiger partial charge in [0.05, 0.1) is 19.8 Å². The minimum absolute atomic E-state index is 0.00205. The predicted octanol–water partition coefficient (Wildman–Crippen LogP) is 3.41. The van der Waals surface area contributed by atoms with Crippen LogP contribution in [0.5, 0.6) is 11.5 Å². The van der Waals surface area contributed by atoms with Crippen molar-refractivity contribution in [2.75, 3.05) is 39.5 Å². The van der Waals surface area contributed by atoms with Crippen LogP contribution in [-0.4, -0.2) is 59.7 Å². The molecule has 1 atom stereocenters. The lowest BCUT2D eigenvalue weighted by Gasteiger charge is -2.30. The highest BCUT2D eigenvalue weighted by atomic mass is 19.1. The van der Waals surface area contributed by atoms with Gasteiger partial charge in [-0.05, 0) is 60.9 Å². The minimum Gasteiger partial charge on any atom is -0.494 e. The van der Waals surface area contributed by atoms with E-state index in [0.717, 1.165) is 23.3 Å². The molecule has 0 amide bonds. The summed E-state index contributed by atoms with van der Waals surface area (Å²) in [6.45, 7) is 5.58. The molecular weight excluding hydrogens is 463 g/mol. The highest BCUT2D eigenvalue weighted by Crippen LogP contribution is 2.20. The first kappa shape index (κ1) is 25.9. The van der Waals surface area contributed by atoms with Gasteiger partial charge >= 0.3 is 0 Å². The van der Waals surface area contributed by atoms with Crippen LogP contribution in [0.2, 0.25) is 0 Å². The van der Waals surface area contributed by atoms with E-state index in [9.17, 15) is 14.3 Å². The summed E-state index contributed by atoms with van der Waals surface area (Å²) >= 11 is 0. The van der Waals surface area contributed by atoms with E-state index in [1.807, 2.05) is 43.5 Å². The molecular formula is C28H33FN2O5. The van der Waals surface area contributed by atoms with Crippen LogP contribution in [0, 0.1) is 12.7 Å². The van der Waals surface area contributed by atoms with Crippen LogP contribution in [0.3, 0.4) is 0 Å². The summed E-state index contributed by atoms with van der Waals surface area (Å²) < 4.78 is 32.0. The summed E-state index contributed by atoms with van der Waals surface area (Å²) in [5, 5.41) is 11.1. The number of hydrogen-bond donors (Lipinski definition) is 1. The molecule has 2 heterocycles. The molecule has 192 valence electrons. The summed E-state index contributed by atoms with van der Waals surface area (Å²) in [5.41, 5.74) is 0.976. The van der Waals surface area contributed by atoms with Crippen LogP contribution in [0.1, 0.15) is 17.5 Å². The van der Waals surface area contributed by atoms with E-state index in [2.05, 4.69) is 4.90 Å². The molecule has 1 aromatic heterocycles. The van der Waals surface area contributed by atoms with Crippen molar-refractivity contribution < 1.29 is 23.7 Å². The molecule has 1 fully saturated rings. The van der Waals surface area contributed by atoms with Crippen molar-refractivity contribution in [1.82, 2.24) is 9.47 Å². The standard InChI is InChI=1S/C28H33FN2O5/c1-22-3-12-27(32)31(17-22)13-2-15-35-25-8-4-23(5-9-25)18-30-14-16-34-20-28(33,19-30)21-36-26-10-6-24(29)7-11-26/h3-12,17,33H,2,13-16,18-21H2,1H3. The van der Waals surface area contributed by atoms with Crippen molar-refractivity contribution >= 4 is 0 Å². The maximum atomic E-state index is 13.1. The first-order valence-electron chi connectivity index (χ1n) is 12.2. The predicted molar refractivity (Wildman–Crippen MR) is 135 cm³/mol. The summed E-state index contributed by atoms with van der Waals surface area (Å²) in [6.07, 6.45) is 2.60. The van der Waals surface area contributed by atoms with Crippen molar-refractivity contribution in [1.29, 1.82) is 0 Å². The Hall–Kier alpha value is -3.20. The molecule has 1 aliphatic heterocycles. The van der Waals surface area contributed by atoms with Gasteiger partial charge in [-0.25, -0.2) is 4.39 Å². The SMILES string of the molecule is Cc1ccc(=O)n(CCCOc2ccc(CN3CCOCC(O)(COc4ccc(F)cc4)C3)cc2)c1. The number of pyridine rings is 1. The van der Waals surface area contributed by atoms with Gasteiger partial charge in [0.2, 0.25) is 0 Å². The van der Waals surface area contributed by atoms with Crippen molar-refractivity contribution in [2.24, 2.45) is 0 Å². The zero-order chi connectivity index (χ0) is 25.4. The molecule has 2 aromatic carbocycles. The van der Waals surface area contributed by atoms with Gasteiger partial charge in [-0.3, -0.25) is 9.69 Å². The van der Waals surface area contributed by atoms with Gasteiger partial charge in [0, 0.05) is 38.4 Å². The van der Waals surface area contributed by atoms with Gasteiger partial charge in [0.15, 0.2) is 0 Å². The normalized spacial score (nSPS) is 18.5. The molecule has 4 rings (SSSR count). The maximum absolute atomic E-state index is 13.1. The lowest BCUT2D eigenvalue weighted by Crippen LogP contribution is -2.48. The molecule has 1 unspecified atom stereocenters. The minimum atomic E-state index is -1.17. The Morgan fingerprint density at radius 3 is 2.53 bits per heavy atom. The molecule has 0 aliphatic carbocycles. The maximum Gasteiger partial charge on any atom is 0.250 e. The van der Waals surface area contributed by atoms with E-state index in [0.29, 0.717) is 45.1 Å². The molecule has 8 heteroatoms. The Kier molecular flexibility index (Phi) is 8.74. The number of β-amino-alcohol motifs (C(OH)–C–C–N with tert-alkyl or cyclic N) is 1. The van der Waals surface area contributed by atoms with E-state index >= 15 is 0 Å². The third-order valence-corrected chi connectivity index (χ3v) is 6.03. The van der Waals surface area contributed by atoms with Crippen LogP contribution in [0.25, 0.3) is 0 Å². The van der Waals surface area contributed by atoms with E-state index in [1.54, 1.807) is 22.8 Å². The second-order valence-electron chi connectivity index (χ2n) is 9.31. The number of halogens is 1. The lowest BCUT2D eigenvalue weighted by atomic mass is 10.1. The molecule has 7 nitrogen and oxygen atoms in total. The third-order valence-electron chi connectivity index (χ3n) is 6.03. The molecule has 1 N–H and O–H groups in total. The number of ether oxygens (including phenoxy) is 3. The fourth-order valence-electron chi connectivity index (χ4n) is 4.17. The first-order chi connectivity index (χ1) is 17.4. The van der Waals surface area contributed by atoms with Crippen molar-refractivity contribution in [3.63, 3.8) is 0 Å². The van der Waals surface area contributed by atoms with E-state index in [-0.39, 0.29) is 24.6 Å². The van der Waals surface area contributed by atoms with Crippen molar-refractivity contribution in [2.45, 2.75) is 32.0 Å². The average molecular weight is 497 g/mol. The Morgan fingerprint density at radius 2 is 1.75 bits per heavy atom. The van der Waals surface area contributed by atoms with Crippen LogP contribution in [-0.2, 0) is 17.8 Å². The van der Waals surface area contributed by atoms with E-state index < -0.39 is 5.60 Å². The lowest BCUT2D eigenvalue weighted by molar-refractivity contribution is -0.0646. The molecule has 1 saturated heterocycles. The largest absolute Gasteiger partial charge is 0.494 e. The summed E-state index contributed by atoms with van der Waals surface area (Å²) in [5.74, 6) is 0.946. The van der Waals surface area contributed by atoms with Gasteiger partial charge in [0.1, 0.15) is 29.5 Å². The fraction of sp³-hybridized carbons (Fsp3) is 0.393. The Balaban J connectivity index is 1.24. The van der Waals surface area contributed by atoms with Crippen molar-refractivity contribution in [3.8, 4) is 11.5 Å². The third kappa shape index (κ3) is 7.65. The second-order valence-corrected chi connectivity index (χ2v) is 9.31. The highest BCUT2D eigenvalue weighted by molar-refractivity contribution is 5.27.